The van der Waals surface area contributed by atoms with Gasteiger partial charge >= 0.3 is 0 Å². The highest BCUT2D eigenvalue weighted by Gasteiger charge is 2.25. The zero-order valence-corrected chi connectivity index (χ0v) is 13.5. The molecule has 3 unspecified atom stereocenters. The molecule has 0 spiro atoms. The first-order valence-corrected chi connectivity index (χ1v) is 8.45. The number of piperidine rings is 1. The number of thiazole rings is 1. The SMILES string of the molecule is CCCNC(C)c1csc(N2CC(C)CCC2C)n1. The van der Waals surface area contributed by atoms with E-state index in [1.807, 2.05) is 0 Å². The molecule has 0 bridgehead atoms. The largest absolute Gasteiger partial charge is 0.345 e. The minimum absolute atomic E-state index is 0.363. The molecule has 1 N–H and O–H groups in total. The van der Waals surface area contributed by atoms with Gasteiger partial charge in [-0.05, 0) is 45.6 Å². The van der Waals surface area contributed by atoms with Gasteiger partial charge in [0.1, 0.15) is 0 Å². The van der Waals surface area contributed by atoms with Crippen molar-refractivity contribution >= 4 is 16.5 Å². The fraction of sp³-hybridized carbons (Fsp3) is 0.800. The first-order valence-electron chi connectivity index (χ1n) is 7.57. The number of hydrogen-bond donors (Lipinski definition) is 1. The summed E-state index contributed by atoms with van der Waals surface area (Å²) in [6.45, 7) is 11.3. The van der Waals surface area contributed by atoms with Crippen molar-refractivity contribution < 1.29 is 0 Å². The van der Waals surface area contributed by atoms with Crippen molar-refractivity contribution in [2.75, 3.05) is 18.0 Å². The highest BCUT2D eigenvalue weighted by Crippen LogP contribution is 2.31. The van der Waals surface area contributed by atoms with E-state index in [0.29, 0.717) is 12.1 Å². The first-order chi connectivity index (χ1) is 9.11. The molecular weight excluding hydrogens is 254 g/mol. The highest BCUT2D eigenvalue weighted by atomic mass is 32.1. The van der Waals surface area contributed by atoms with Crippen LogP contribution in [0.5, 0.6) is 0 Å². The molecule has 1 aromatic heterocycles. The Balaban J connectivity index is 2.03. The minimum Gasteiger partial charge on any atom is -0.345 e. The predicted molar refractivity (Wildman–Crippen MR) is 84.0 cm³/mol. The van der Waals surface area contributed by atoms with Crippen LogP contribution in [0.25, 0.3) is 0 Å². The molecular formula is C15H27N3S. The lowest BCUT2D eigenvalue weighted by molar-refractivity contribution is 0.389. The Kier molecular flexibility index (Phi) is 5.22. The Morgan fingerprint density at radius 1 is 1.47 bits per heavy atom. The number of nitrogens with one attached hydrogen (secondary N) is 1. The molecule has 0 radical (unpaired) electrons. The van der Waals surface area contributed by atoms with Crippen LogP contribution >= 0.6 is 11.3 Å². The molecule has 1 aromatic rings. The maximum atomic E-state index is 4.85. The third-order valence-corrected chi connectivity index (χ3v) is 4.91. The lowest BCUT2D eigenvalue weighted by atomic mass is 9.96. The Morgan fingerprint density at radius 3 is 3.00 bits per heavy atom. The van der Waals surface area contributed by atoms with Gasteiger partial charge in [-0.15, -0.1) is 11.3 Å². The molecule has 0 aromatic carbocycles. The molecule has 1 aliphatic heterocycles. The van der Waals surface area contributed by atoms with Crippen molar-refractivity contribution in [3.8, 4) is 0 Å². The molecule has 4 heteroatoms. The van der Waals surface area contributed by atoms with Crippen LogP contribution in [0.2, 0.25) is 0 Å². The number of aromatic nitrogens is 1. The van der Waals surface area contributed by atoms with Gasteiger partial charge in [-0.2, -0.15) is 0 Å². The summed E-state index contributed by atoms with van der Waals surface area (Å²) in [7, 11) is 0. The molecule has 3 atom stereocenters. The lowest BCUT2D eigenvalue weighted by Crippen LogP contribution is -2.41. The fourth-order valence-corrected chi connectivity index (χ4v) is 3.66. The smallest absolute Gasteiger partial charge is 0.185 e. The molecule has 0 amide bonds. The molecule has 0 aliphatic carbocycles. The fourth-order valence-electron chi connectivity index (χ4n) is 2.63. The van der Waals surface area contributed by atoms with Crippen LogP contribution in [-0.2, 0) is 0 Å². The molecule has 108 valence electrons. The van der Waals surface area contributed by atoms with Crippen molar-refractivity contribution in [1.82, 2.24) is 10.3 Å². The van der Waals surface area contributed by atoms with Crippen molar-refractivity contribution in [2.24, 2.45) is 5.92 Å². The van der Waals surface area contributed by atoms with E-state index in [1.165, 1.54) is 30.1 Å². The van der Waals surface area contributed by atoms with Gasteiger partial charge in [-0.3, -0.25) is 0 Å². The molecule has 1 fully saturated rings. The highest BCUT2D eigenvalue weighted by molar-refractivity contribution is 7.13. The molecule has 1 aliphatic rings. The van der Waals surface area contributed by atoms with E-state index in [4.69, 9.17) is 4.98 Å². The summed E-state index contributed by atoms with van der Waals surface area (Å²) in [5, 5.41) is 6.93. The summed E-state index contributed by atoms with van der Waals surface area (Å²) in [4.78, 5) is 7.35. The lowest BCUT2D eigenvalue weighted by Gasteiger charge is -2.36. The molecule has 2 rings (SSSR count). The van der Waals surface area contributed by atoms with Crippen LogP contribution in [0.1, 0.15) is 58.7 Å². The van der Waals surface area contributed by atoms with Gasteiger partial charge in [-0.1, -0.05) is 13.8 Å². The monoisotopic (exact) mass is 281 g/mol. The second-order valence-electron chi connectivity index (χ2n) is 5.91. The summed E-state index contributed by atoms with van der Waals surface area (Å²) in [6.07, 6.45) is 3.81. The molecule has 1 saturated heterocycles. The summed E-state index contributed by atoms with van der Waals surface area (Å²) in [6, 6.07) is 0.997. The van der Waals surface area contributed by atoms with Crippen LogP contribution < -0.4 is 10.2 Å². The Morgan fingerprint density at radius 2 is 2.26 bits per heavy atom. The average molecular weight is 281 g/mol. The molecule has 19 heavy (non-hydrogen) atoms. The second-order valence-corrected chi connectivity index (χ2v) is 6.75. The van der Waals surface area contributed by atoms with E-state index in [-0.39, 0.29) is 0 Å². The van der Waals surface area contributed by atoms with Crippen LogP contribution in [0.15, 0.2) is 5.38 Å². The van der Waals surface area contributed by atoms with E-state index in [0.717, 1.165) is 19.0 Å². The summed E-state index contributed by atoms with van der Waals surface area (Å²) < 4.78 is 0. The minimum atomic E-state index is 0.363. The van der Waals surface area contributed by atoms with Crippen molar-refractivity contribution in [3.05, 3.63) is 11.1 Å². The Labute approximate surface area is 121 Å². The molecule has 2 heterocycles. The zero-order chi connectivity index (χ0) is 13.8. The third-order valence-electron chi connectivity index (χ3n) is 4.02. The van der Waals surface area contributed by atoms with E-state index < -0.39 is 0 Å². The van der Waals surface area contributed by atoms with Gasteiger partial charge in [0.25, 0.3) is 0 Å². The number of anilines is 1. The topological polar surface area (TPSA) is 28.2 Å². The number of rotatable bonds is 5. The summed E-state index contributed by atoms with van der Waals surface area (Å²) in [5.41, 5.74) is 1.19. The van der Waals surface area contributed by atoms with E-state index in [2.05, 4.69) is 43.3 Å². The maximum Gasteiger partial charge on any atom is 0.185 e. The van der Waals surface area contributed by atoms with Crippen molar-refractivity contribution in [3.63, 3.8) is 0 Å². The summed E-state index contributed by atoms with van der Waals surface area (Å²) in [5.74, 6) is 0.791. The zero-order valence-electron chi connectivity index (χ0n) is 12.6. The Bertz CT molecular complexity index is 390. The van der Waals surface area contributed by atoms with Gasteiger partial charge in [0.15, 0.2) is 5.13 Å². The predicted octanol–water partition coefficient (Wildman–Crippen LogP) is 3.83. The van der Waals surface area contributed by atoms with Crippen molar-refractivity contribution in [2.45, 2.75) is 59.0 Å². The van der Waals surface area contributed by atoms with Gasteiger partial charge < -0.3 is 10.2 Å². The third kappa shape index (κ3) is 3.69. The normalized spacial score (nSPS) is 25.6. The van der Waals surface area contributed by atoms with Gasteiger partial charge in [0, 0.05) is 24.0 Å². The maximum absolute atomic E-state index is 4.85. The summed E-state index contributed by atoms with van der Waals surface area (Å²) >= 11 is 1.80. The second kappa shape index (κ2) is 6.71. The van der Waals surface area contributed by atoms with Crippen LogP contribution in [0.4, 0.5) is 5.13 Å². The van der Waals surface area contributed by atoms with Crippen LogP contribution in [0, 0.1) is 5.92 Å². The number of nitrogens with zero attached hydrogens (tertiary/aromatic N) is 2. The standard InChI is InChI=1S/C15H27N3S/c1-5-8-16-13(4)14-10-19-15(17-14)18-9-11(2)6-7-12(18)3/h10-13,16H,5-9H2,1-4H3. The van der Waals surface area contributed by atoms with E-state index >= 15 is 0 Å². The van der Waals surface area contributed by atoms with Crippen LogP contribution in [0.3, 0.4) is 0 Å². The first kappa shape index (κ1) is 14.8. The molecule has 3 nitrogen and oxygen atoms in total. The molecule has 0 saturated carbocycles. The quantitative estimate of drug-likeness (QED) is 0.889. The average Bonchev–Trinajstić information content (AvgIpc) is 2.88. The van der Waals surface area contributed by atoms with Crippen molar-refractivity contribution in [1.29, 1.82) is 0 Å². The van der Waals surface area contributed by atoms with Gasteiger partial charge in [-0.25, -0.2) is 4.98 Å². The van der Waals surface area contributed by atoms with E-state index in [1.54, 1.807) is 11.3 Å². The Hall–Kier alpha value is -0.610. The van der Waals surface area contributed by atoms with Gasteiger partial charge in [0.2, 0.25) is 0 Å². The number of hydrogen-bond acceptors (Lipinski definition) is 4. The van der Waals surface area contributed by atoms with E-state index in [9.17, 15) is 0 Å². The van der Waals surface area contributed by atoms with Gasteiger partial charge in [0.05, 0.1) is 5.69 Å². The van der Waals surface area contributed by atoms with Crippen LogP contribution in [-0.4, -0.2) is 24.1 Å².